The fourth-order valence-corrected chi connectivity index (χ4v) is 4.13. The van der Waals surface area contributed by atoms with Crippen molar-refractivity contribution in [3.8, 4) is 10.4 Å². The van der Waals surface area contributed by atoms with Gasteiger partial charge in [0.15, 0.2) is 0 Å². The summed E-state index contributed by atoms with van der Waals surface area (Å²) in [5.74, 6) is -0.719. The quantitative estimate of drug-likeness (QED) is 0.487. The standard InChI is InChI=1S/C20H17NO3S2/c1-24-20(23)18-15(12-17(26-18)13-8-4-3-5-9-13)21-19(22)14-10-6-7-11-16(14)25-2/h3-12H,1-2H3,(H,21,22). The Hall–Kier alpha value is -2.57. The molecular formula is C20H17NO3S2. The number of carbonyl (C=O) groups excluding carboxylic acids is 2. The molecule has 3 aromatic rings. The van der Waals surface area contributed by atoms with Crippen LogP contribution in [0.4, 0.5) is 5.69 Å². The van der Waals surface area contributed by atoms with Gasteiger partial charge in [0.05, 0.1) is 18.4 Å². The number of nitrogens with one attached hydrogen (secondary N) is 1. The molecular weight excluding hydrogens is 366 g/mol. The molecule has 0 aliphatic heterocycles. The average Bonchev–Trinajstić information content (AvgIpc) is 3.11. The normalized spacial score (nSPS) is 10.4. The van der Waals surface area contributed by atoms with E-state index >= 15 is 0 Å². The Balaban J connectivity index is 1.97. The second-order valence-corrected chi connectivity index (χ2v) is 7.27. The molecule has 132 valence electrons. The number of thiophene rings is 1. The molecule has 1 heterocycles. The van der Waals surface area contributed by atoms with Gasteiger partial charge in [-0.3, -0.25) is 4.79 Å². The van der Waals surface area contributed by atoms with Gasteiger partial charge in [0.25, 0.3) is 5.91 Å². The van der Waals surface area contributed by atoms with Crippen LogP contribution in [-0.2, 0) is 4.74 Å². The highest BCUT2D eigenvalue weighted by Gasteiger charge is 2.20. The van der Waals surface area contributed by atoms with Crippen molar-refractivity contribution < 1.29 is 14.3 Å². The molecule has 0 aliphatic rings. The van der Waals surface area contributed by atoms with E-state index in [9.17, 15) is 9.59 Å². The van der Waals surface area contributed by atoms with Crippen LogP contribution in [0.5, 0.6) is 0 Å². The van der Waals surface area contributed by atoms with E-state index in [-0.39, 0.29) is 5.91 Å². The van der Waals surface area contributed by atoms with Crippen molar-refractivity contribution >= 4 is 40.7 Å². The molecule has 0 radical (unpaired) electrons. The first kappa shape index (κ1) is 18.2. The first-order valence-electron chi connectivity index (χ1n) is 7.86. The minimum absolute atomic E-state index is 0.252. The second-order valence-electron chi connectivity index (χ2n) is 5.37. The highest BCUT2D eigenvalue weighted by Crippen LogP contribution is 2.35. The van der Waals surface area contributed by atoms with Gasteiger partial charge in [0.2, 0.25) is 0 Å². The second kappa shape index (κ2) is 8.21. The number of ether oxygens (including phenoxy) is 1. The van der Waals surface area contributed by atoms with Crippen LogP contribution in [0.15, 0.2) is 65.6 Å². The number of carbonyl (C=O) groups is 2. The van der Waals surface area contributed by atoms with Gasteiger partial charge in [-0.25, -0.2) is 4.79 Å². The summed E-state index contributed by atoms with van der Waals surface area (Å²) in [7, 11) is 1.33. The maximum absolute atomic E-state index is 12.7. The topological polar surface area (TPSA) is 55.4 Å². The molecule has 0 aliphatic carbocycles. The third-order valence-electron chi connectivity index (χ3n) is 3.76. The molecule has 3 rings (SSSR count). The lowest BCUT2D eigenvalue weighted by atomic mass is 10.1. The summed E-state index contributed by atoms with van der Waals surface area (Å²) < 4.78 is 4.87. The number of hydrogen-bond acceptors (Lipinski definition) is 5. The Morgan fingerprint density at radius 2 is 1.73 bits per heavy atom. The maximum Gasteiger partial charge on any atom is 0.350 e. The van der Waals surface area contributed by atoms with E-state index in [1.54, 1.807) is 6.07 Å². The predicted molar refractivity (Wildman–Crippen MR) is 107 cm³/mol. The van der Waals surface area contributed by atoms with E-state index in [1.807, 2.05) is 60.9 Å². The number of hydrogen-bond donors (Lipinski definition) is 1. The first-order chi connectivity index (χ1) is 12.6. The summed E-state index contributed by atoms with van der Waals surface area (Å²) in [5.41, 5.74) is 2.01. The van der Waals surface area contributed by atoms with Gasteiger partial charge in [-0.1, -0.05) is 42.5 Å². The molecule has 0 fully saturated rings. The van der Waals surface area contributed by atoms with Crippen LogP contribution < -0.4 is 5.32 Å². The van der Waals surface area contributed by atoms with Crippen molar-refractivity contribution in [1.82, 2.24) is 0 Å². The molecule has 1 aromatic heterocycles. The zero-order chi connectivity index (χ0) is 18.5. The Morgan fingerprint density at radius 1 is 1.04 bits per heavy atom. The predicted octanol–water partition coefficient (Wildman–Crippen LogP) is 5.18. The van der Waals surface area contributed by atoms with E-state index in [0.29, 0.717) is 16.1 Å². The fourth-order valence-electron chi connectivity index (χ4n) is 2.49. The first-order valence-corrected chi connectivity index (χ1v) is 9.90. The minimum Gasteiger partial charge on any atom is -0.465 e. The van der Waals surface area contributed by atoms with E-state index in [0.717, 1.165) is 15.3 Å². The summed E-state index contributed by atoms with van der Waals surface area (Å²) in [5, 5.41) is 2.86. The molecule has 1 amide bonds. The molecule has 26 heavy (non-hydrogen) atoms. The largest absolute Gasteiger partial charge is 0.465 e. The third-order valence-corrected chi connectivity index (χ3v) is 5.72. The summed E-state index contributed by atoms with van der Waals surface area (Å²) in [6.45, 7) is 0. The van der Waals surface area contributed by atoms with Crippen molar-refractivity contribution in [2.45, 2.75) is 4.90 Å². The Kier molecular flexibility index (Phi) is 5.75. The lowest BCUT2D eigenvalue weighted by molar-refractivity contribution is 0.0607. The van der Waals surface area contributed by atoms with Gasteiger partial charge in [0, 0.05) is 9.77 Å². The van der Waals surface area contributed by atoms with Gasteiger partial charge >= 0.3 is 5.97 Å². The number of methoxy groups -OCH3 is 1. The summed E-state index contributed by atoms with van der Waals surface area (Å²) in [6.07, 6.45) is 1.92. The van der Waals surface area contributed by atoms with Crippen LogP contribution >= 0.6 is 23.1 Å². The molecule has 6 heteroatoms. The van der Waals surface area contributed by atoms with E-state index < -0.39 is 5.97 Å². The van der Waals surface area contributed by atoms with Crippen LogP contribution in [0.2, 0.25) is 0 Å². The van der Waals surface area contributed by atoms with Crippen molar-refractivity contribution in [3.63, 3.8) is 0 Å². The monoisotopic (exact) mass is 383 g/mol. The van der Waals surface area contributed by atoms with Crippen LogP contribution in [0.25, 0.3) is 10.4 Å². The number of benzene rings is 2. The van der Waals surface area contributed by atoms with Gasteiger partial charge in [-0.15, -0.1) is 23.1 Å². The lowest BCUT2D eigenvalue weighted by Crippen LogP contribution is -2.14. The van der Waals surface area contributed by atoms with E-state index in [2.05, 4.69) is 5.32 Å². The molecule has 1 N–H and O–H groups in total. The summed E-state index contributed by atoms with van der Waals surface area (Å²) >= 11 is 2.80. The summed E-state index contributed by atoms with van der Waals surface area (Å²) in [4.78, 5) is 27.0. The van der Waals surface area contributed by atoms with E-state index in [4.69, 9.17) is 4.74 Å². The molecule has 0 bridgehead atoms. The fraction of sp³-hybridized carbons (Fsp3) is 0.100. The molecule has 0 saturated heterocycles. The number of anilines is 1. The number of rotatable bonds is 5. The summed E-state index contributed by atoms with van der Waals surface area (Å²) in [6, 6.07) is 18.9. The molecule has 0 spiro atoms. The van der Waals surface area contributed by atoms with Gasteiger partial charge in [0.1, 0.15) is 4.88 Å². The molecule has 0 atom stereocenters. The smallest absolute Gasteiger partial charge is 0.350 e. The number of esters is 1. The number of thioether (sulfide) groups is 1. The molecule has 2 aromatic carbocycles. The Labute approximate surface area is 160 Å². The minimum atomic E-state index is -0.467. The highest BCUT2D eigenvalue weighted by molar-refractivity contribution is 7.98. The number of amides is 1. The van der Waals surface area contributed by atoms with Gasteiger partial charge in [-0.05, 0) is 30.0 Å². The zero-order valence-corrected chi connectivity index (χ0v) is 15.9. The lowest BCUT2D eigenvalue weighted by Gasteiger charge is -2.08. The van der Waals surface area contributed by atoms with Crippen molar-refractivity contribution in [3.05, 3.63) is 71.1 Å². The Morgan fingerprint density at radius 3 is 2.42 bits per heavy atom. The van der Waals surface area contributed by atoms with Crippen molar-refractivity contribution in [2.24, 2.45) is 0 Å². The molecule has 4 nitrogen and oxygen atoms in total. The van der Waals surface area contributed by atoms with Gasteiger partial charge in [-0.2, -0.15) is 0 Å². The van der Waals surface area contributed by atoms with E-state index in [1.165, 1.54) is 30.2 Å². The van der Waals surface area contributed by atoms with Crippen molar-refractivity contribution in [1.29, 1.82) is 0 Å². The van der Waals surface area contributed by atoms with Gasteiger partial charge < -0.3 is 10.1 Å². The SMILES string of the molecule is COC(=O)c1sc(-c2ccccc2)cc1NC(=O)c1ccccc1SC. The highest BCUT2D eigenvalue weighted by atomic mass is 32.2. The third kappa shape index (κ3) is 3.81. The van der Waals surface area contributed by atoms with Crippen LogP contribution in [0.1, 0.15) is 20.0 Å². The Bertz CT molecular complexity index is 935. The molecule has 0 unspecified atom stereocenters. The van der Waals surface area contributed by atoms with Crippen LogP contribution in [0.3, 0.4) is 0 Å². The zero-order valence-electron chi connectivity index (χ0n) is 14.3. The van der Waals surface area contributed by atoms with Crippen LogP contribution in [-0.4, -0.2) is 25.2 Å². The molecule has 0 saturated carbocycles. The maximum atomic E-state index is 12.7. The average molecular weight is 383 g/mol. The van der Waals surface area contributed by atoms with Crippen LogP contribution in [0, 0.1) is 0 Å². The van der Waals surface area contributed by atoms with Crippen molar-refractivity contribution in [2.75, 3.05) is 18.7 Å².